The summed E-state index contributed by atoms with van der Waals surface area (Å²) in [6, 6.07) is 9.68. The highest BCUT2D eigenvalue weighted by Crippen LogP contribution is 2.32. The van der Waals surface area contributed by atoms with Gasteiger partial charge in [0.2, 0.25) is 0 Å². The Bertz CT molecular complexity index is 674. The number of guanidine groups is 1. The molecule has 0 atom stereocenters. The third-order valence-corrected chi connectivity index (χ3v) is 3.56. The third-order valence-electron chi connectivity index (χ3n) is 3.56. The van der Waals surface area contributed by atoms with Crippen LogP contribution in [0.5, 0.6) is 11.5 Å². The van der Waals surface area contributed by atoms with Gasteiger partial charge in [-0.3, -0.25) is 4.99 Å². The van der Waals surface area contributed by atoms with Crippen LogP contribution in [0.1, 0.15) is 19.1 Å². The van der Waals surface area contributed by atoms with Crippen LogP contribution < -0.4 is 20.1 Å². The van der Waals surface area contributed by atoms with Crippen molar-refractivity contribution in [2.45, 2.75) is 19.8 Å². The summed E-state index contributed by atoms with van der Waals surface area (Å²) >= 11 is 0. The van der Waals surface area contributed by atoms with Gasteiger partial charge in [-0.2, -0.15) is 0 Å². The van der Waals surface area contributed by atoms with E-state index in [4.69, 9.17) is 13.9 Å². The molecule has 1 aliphatic heterocycles. The second-order valence-electron chi connectivity index (χ2n) is 5.43. The van der Waals surface area contributed by atoms with E-state index in [1.807, 2.05) is 37.3 Å². The third kappa shape index (κ3) is 5.84. The molecule has 0 radical (unpaired) electrons. The van der Waals surface area contributed by atoms with E-state index < -0.39 is 0 Å². The number of halogens is 1. The van der Waals surface area contributed by atoms with Crippen molar-refractivity contribution in [2.75, 3.05) is 31.6 Å². The van der Waals surface area contributed by atoms with E-state index in [1.54, 1.807) is 6.26 Å². The molecular weight excluding hydrogens is 433 g/mol. The number of hydrogen-bond donors (Lipinski definition) is 2. The summed E-state index contributed by atoms with van der Waals surface area (Å²) < 4.78 is 16.7. The lowest BCUT2D eigenvalue weighted by atomic mass is 10.2. The molecule has 0 aliphatic carbocycles. The summed E-state index contributed by atoms with van der Waals surface area (Å²) in [6.07, 6.45) is 3.35. The zero-order chi connectivity index (χ0) is 16.6. The van der Waals surface area contributed by atoms with Crippen LogP contribution in [0.3, 0.4) is 0 Å². The fourth-order valence-electron chi connectivity index (χ4n) is 2.42. The Morgan fingerprint density at radius 1 is 1.16 bits per heavy atom. The van der Waals surface area contributed by atoms with Gasteiger partial charge in [-0.15, -0.1) is 24.0 Å². The number of nitrogens with zero attached hydrogens (tertiary/aromatic N) is 1. The summed E-state index contributed by atoms with van der Waals surface area (Å²) in [7, 11) is 0. The first-order valence-corrected chi connectivity index (χ1v) is 8.32. The van der Waals surface area contributed by atoms with E-state index in [1.165, 1.54) is 0 Å². The van der Waals surface area contributed by atoms with Gasteiger partial charge in [-0.1, -0.05) is 0 Å². The van der Waals surface area contributed by atoms with Gasteiger partial charge in [0.1, 0.15) is 5.76 Å². The number of aliphatic imine (C=N–C) groups is 1. The van der Waals surface area contributed by atoms with E-state index in [0.717, 1.165) is 48.3 Å². The Morgan fingerprint density at radius 3 is 2.76 bits per heavy atom. The van der Waals surface area contributed by atoms with Crippen LogP contribution in [0, 0.1) is 0 Å². The molecule has 2 N–H and O–H groups in total. The molecule has 3 rings (SSSR count). The predicted molar refractivity (Wildman–Crippen MR) is 109 cm³/mol. The minimum absolute atomic E-state index is 0. The van der Waals surface area contributed by atoms with Crippen molar-refractivity contribution in [2.24, 2.45) is 4.99 Å². The van der Waals surface area contributed by atoms with Gasteiger partial charge in [0.25, 0.3) is 0 Å². The fraction of sp³-hybridized carbons (Fsp3) is 0.389. The molecule has 0 amide bonds. The highest BCUT2D eigenvalue weighted by atomic mass is 127. The molecule has 1 aromatic carbocycles. The first-order chi connectivity index (χ1) is 11.8. The van der Waals surface area contributed by atoms with Crippen molar-refractivity contribution < 1.29 is 13.9 Å². The second kappa shape index (κ2) is 10.2. The molecular formula is C18H24IN3O3. The Balaban J connectivity index is 0.00000225. The Kier molecular flexibility index (Phi) is 7.90. The number of rotatable bonds is 5. The van der Waals surface area contributed by atoms with Gasteiger partial charge < -0.3 is 24.5 Å². The highest BCUT2D eigenvalue weighted by Gasteiger charge is 2.11. The topological polar surface area (TPSA) is 68.0 Å². The molecule has 136 valence electrons. The summed E-state index contributed by atoms with van der Waals surface area (Å²) in [6.45, 7) is 4.84. The van der Waals surface area contributed by atoms with Crippen molar-refractivity contribution in [3.63, 3.8) is 0 Å². The summed E-state index contributed by atoms with van der Waals surface area (Å²) in [5, 5.41) is 6.54. The van der Waals surface area contributed by atoms with Crippen LogP contribution in [-0.2, 0) is 6.42 Å². The van der Waals surface area contributed by atoms with Gasteiger partial charge in [0, 0.05) is 37.7 Å². The Morgan fingerprint density at radius 2 is 2.00 bits per heavy atom. The molecule has 2 aromatic rings. The molecule has 0 saturated carbocycles. The number of ether oxygens (including phenoxy) is 2. The first-order valence-electron chi connectivity index (χ1n) is 8.32. The number of furan rings is 1. The predicted octanol–water partition coefficient (Wildman–Crippen LogP) is 3.68. The summed E-state index contributed by atoms with van der Waals surface area (Å²) in [5.41, 5.74) is 0.914. The molecule has 6 nitrogen and oxygen atoms in total. The van der Waals surface area contributed by atoms with Crippen molar-refractivity contribution in [1.29, 1.82) is 0 Å². The van der Waals surface area contributed by atoms with Crippen LogP contribution in [0.15, 0.2) is 46.0 Å². The first kappa shape index (κ1) is 19.4. The van der Waals surface area contributed by atoms with Gasteiger partial charge >= 0.3 is 0 Å². The zero-order valence-corrected chi connectivity index (χ0v) is 16.6. The highest BCUT2D eigenvalue weighted by molar-refractivity contribution is 14.0. The standard InChI is InChI=1S/C18H23N3O3.HI/c1-2-19-18(20-9-8-15-5-3-10-22-15)21-14-6-7-16-17(13-14)24-12-4-11-23-16;/h3,5-7,10,13H,2,4,8-9,11-12H2,1H3,(H2,19,20,21);1H. The second-order valence-corrected chi connectivity index (χ2v) is 5.43. The number of anilines is 1. The van der Waals surface area contributed by atoms with Gasteiger partial charge in [-0.25, -0.2) is 0 Å². The summed E-state index contributed by atoms with van der Waals surface area (Å²) in [4.78, 5) is 4.58. The van der Waals surface area contributed by atoms with Crippen LogP contribution in [0.25, 0.3) is 0 Å². The lowest BCUT2D eigenvalue weighted by Crippen LogP contribution is -2.30. The Hall–Kier alpha value is -1.90. The van der Waals surface area contributed by atoms with Crippen molar-refractivity contribution in [3.8, 4) is 11.5 Å². The number of hydrogen-bond acceptors (Lipinski definition) is 4. The van der Waals surface area contributed by atoms with Crippen LogP contribution >= 0.6 is 24.0 Å². The van der Waals surface area contributed by atoms with Gasteiger partial charge in [0.15, 0.2) is 17.5 Å². The molecule has 2 heterocycles. The molecule has 1 aliphatic rings. The SMILES string of the molecule is CCNC(=NCCc1ccco1)Nc1ccc2c(c1)OCCCO2.I. The van der Waals surface area contributed by atoms with Crippen LogP contribution in [0.2, 0.25) is 0 Å². The molecule has 0 spiro atoms. The molecule has 7 heteroatoms. The molecule has 0 saturated heterocycles. The smallest absolute Gasteiger partial charge is 0.195 e. The molecule has 0 unspecified atom stereocenters. The minimum Gasteiger partial charge on any atom is -0.490 e. The number of fused-ring (bicyclic) bond motifs is 1. The average Bonchev–Trinajstić information content (AvgIpc) is 2.99. The molecule has 1 aromatic heterocycles. The Labute approximate surface area is 165 Å². The molecule has 0 bridgehead atoms. The van der Waals surface area contributed by atoms with Crippen LogP contribution in [-0.4, -0.2) is 32.3 Å². The van der Waals surface area contributed by atoms with Crippen LogP contribution in [0.4, 0.5) is 5.69 Å². The van der Waals surface area contributed by atoms with Crippen molar-refractivity contribution >= 4 is 35.6 Å². The lowest BCUT2D eigenvalue weighted by molar-refractivity contribution is 0.297. The van der Waals surface area contributed by atoms with E-state index in [2.05, 4.69) is 15.6 Å². The normalized spacial score (nSPS) is 13.6. The summed E-state index contributed by atoms with van der Waals surface area (Å²) in [5.74, 6) is 3.23. The minimum atomic E-state index is 0. The fourth-order valence-corrected chi connectivity index (χ4v) is 2.42. The molecule has 25 heavy (non-hydrogen) atoms. The van der Waals surface area contributed by atoms with E-state index in [0.29, 0.717) is 19.8 Å². The maximum atomic E-state index is 5.72. The van der Waals surface area contributed by atoms with Crippen molar-refractivity contribution in [1.82, 2.24) is 5.32 Å². The zero-order valence-electron chi connectivity index (χ0n) is 14.3. The average molecular weight is 457 g/mol. The number of benzene rings is 1. The quantitative estimate of drug-likeness (QED) is 0.408. The maximum Gasteiger partial charge on any atom is 0.195 e. The van der Waals surface area contributed by atoms with Gasteiger partial charge in [0.05, 0.1) is 19.5 Å². The van der Waals surface area contributed by atoms with Gasteiger partial charge in [-0.05, 0) is 31.2 Å². The molecule has 0 fully saturated rings. The monoisotopic (exact) mass is 457 g/mol. The van der Waals surface area contributed by atoms with Crippen molar-refractivity contribution in [3.05, 3.63) is 42.4 Å². The largest absolute Gasteiger partial charge is 0.490 e. The van der Waals surface area contributed by atoms with E-state index >= 15 is 0 Å². The number of nitrogens with one attached hydrogen (secondary N) is 2. The lowest BCUT2D eigenvalue weighted by Gasteiger charge is -2.13. The maximum absolute atomic E-state index is 5.72. The van der Waals surface area contributed by atoms with E-state index in [-0.39, 0.29) is 24.0 Å². The van der Waals surface area contributed by atoms with E-state index in [9.17, 15) is 0 Å².